The van der Waals surface area contributed by atoms with E-state index >= 15 is 0 Å². The summed E-state index contributed by atoms with van der Waals surface area (Å²) in [5.74, 6) is 1.70. The van der Waals surface area contributed by atoms with E-state index in [1.807, 2.05) is 0 Å². The molecule has 2 heterocycles. The highest BCUT2D eigenvalue weighted by Gasteiger charge is 2.52. The number of hydrogen-bond donors (Lipinski definition) is 1. The molecule has 78 valence electrons. The molecule has 1 N–H and O–H groups in total. The lowest BCUT2D eigenvalue weighted by atomic mass is 9.76. The SMILES string of the molecule is O=C1CC(C2CC2)C2(CCOCC2)N1. The number of carbonyl (C=O) groups excluding carboxylic acids is 1. The van der Waals surface area contributed by atoms with Crippen LogP contribution in [-0.2, 0) is 9.53 Å². The van der Waals surface area contributed by atoms with E-state index in [-0.39, 0.29) is 11.4 Å². The number of hydrogen-bond acceptors (Lipinski definition) is 2. The molecule has 1 spiro atoms. The fraction of sp³-hybridized carbons (Fsp3) is 0.909. The third kappa shape index (κ3) is 1.26. The van der Waals surface area contributed by atoms with Crippen LogP contribution in [0.5, 0.6) is 0 Å². The topological polar surface area (TPSA) is 38.3 Å². The average molecular weight is 195 g/mol. The molecule has 3 nitrogen and oxygen atoms in total. The first-order valence-corrected chi connectivity index (χ1v) is 5.69. The van der Waals surface area contributed by atoms with Gasteiger partial charge in [-0.25, -0.2) is 0 Å². The Balaban J connectivity index is 1.83. The quantitative estimate of drug-likeness (QED) is 0.680. The van der Waals surface area contributed by atoms with E-state index in [0.717, 1.165) is 38.4 Å². The molecule has 14 heavy (non-hydrogen) atoms. The monoisotopic (exact) mass is 195 g/mol. The van der Waals surface area contributed by atoms with E-state index in [1.54, 1.807) is 0 Å². The predicted molar refractivity (Wildman–Crippen MR) is 51.8 cm³/mol. The number of ether oxygens (including phenoxy) is 1. The molecule has 1 aliphatic carbocycles. The van der Waals surface area contributed by atoms with E-state index < -0.39 is 0 Å². The molecule has 0 bridgehead atoms. The molecule has 0 radical (unpaired) electrons. The number of rotatable bonds is 1. The van der Waals surface area contributed by atoms with Gasteiger partial charge in [-0.15, -0.1) is 0 Å². The zero-order valence-electron chi connectivity index (χ0n) is 8.42. The molecule has 3 fully saturated rings. The van der Waals surface area contributed by atoms with Crippen LogP contribution in [0.2, 0.25) is 0 Å². The summed E-state index contributed by atoms with van der Waals surface area (Å²) in [6, 6.07) is 0. The Bertz CT molecular complexity index is 254. The van der Waals surface area contributed by atoms with Crippen LogP contribution in [0.3, 0.4) is 0 Å². The molecule has 2 aliphatic heterocycles. The standard InChI is InChI=1S/C11H17NO2/c13-10-7-9(8-1-2-8)11(12-10)3-5-14-6-4-11/h8-9H,1-7H2,(H,12,13). The lowest BCUT2D eigenvalue weighted by Crippen LogP contribution is -2.50. The molecule has 1 unspecified atom stereocenters. The highest BCUT2D eigenvalue weighted by molar-refractivity contribution is 5.80. The molecule has 1 saturated carbocycles. The maximum absolute atomic E-state index is 11.5. The van der Waals surface area contributed by atoms with Gasteiger partial charge in [0.05, 0.1) is 0 Å². The summed E-state index contributed by atoms with van der Waals surface area (Å²) in [7, 11) is 0. The molecule has 0 aromatic rings. The highest BCUT2D eigenvalue weighted by Crippen LogP contribution is 2.49. The Labute approximate surface area is 84.2 Å². The average Bonchev–Trinajstić information content (AvgIpc) is 2.95. The zero-order valence-corrected chi connectivity index (χ0v) is 8.42. The Kier molecular flexibility index (Phi) is 1.84. The van der Waals surface area contributed by atoms with Crippen LogP contribution in [0.1, 0.15) is 32.1 Å². The van der Waals surface area contributed by atoms with Crippen LogP contribution in [0, 0.1) is 11.8 Å². The first-order valence-electron chi connectivity index (χ1n) is 5.69. The van der Waals surface area contributed by atoms with Gasteiger partial charge in [0.25, 0.3) is 0 Å². The second kappa shape index (κ2) is 2.96. The van der Waals surface area contributed by atoms with Crippen molar-refractivity contribution in [3.63, 3.8) is 0 Å². The summed E-state index contributed by atoms with van der Waals surface area (Å²) >= 11 is 0. The van der Waals surface area contributed by atoms with Crippen LogP contribution in [-0.4, -0.2) is 24.7 Å². The second-order valence-corrected chi connectivity index (χ2v) is 4.96. The van der Waals surface area contributed by atoms with Crippen molar-refractivity contribution >= 4 is 5.91 Å². The molecule has 0 aromatic heterocycles. The summed E-state index contributed by atoms with van der Waals surface area (Å²) in [5, 5.41) is 3.22. The smallest absolute Gasteiger partial charge is 0.220 e. The minimum atomic E-state index is 0.122. The fourth-order valence-corrected chi connectivity index (χ4v) is 3.16. The Hall–Kier alpha value is -0.570. The van der Waals surface area contributed by atoms with E-state index in [9.17, 15) is 4.79 Å². The van der Waals surface area contributed by atoms with E-state index in [4.69, 9.17) is 4.74 Å². The Morgan fingerprint density at radius 3 is 2.64 bits per heavy atom. The van der Waals surface area contributed by atoms with Gasteiger partial charge in [-0.1, -0.05) is 0 Å². The Morgan fingerprint density at radius 2 is 2.00 bits per heavy atom. The number of nitrogens with one attached hydrogen (secondary N) is 1. The van der Waals surface area contributed by atoms with Crippen LogP contribution in [0.25, 0.3) is 0 Å². The largest absolute Gasteiger partial charge is 0.381 e. The minimum Gasteiger partial charge on any atom is -0.381 e. The second-order valence-electron chi connectivity index (χ2n) is 4.96. The fourth-order valence-electron chi connectivity index (χ4n) is 3.16. The van der Waals surface area contributed by atoms with Crippen molar-refractivity contribution in [2.45, 2.75) is 37.6 Å². The maximum atomic E-state index is 11.5. The number of amides is 1. The van der Waals surface area contributed by atoms with Crippen molar-refractivity contribution in [1.82, 2.24) is 5.32 Å². The van der Waals surface area contributed by atoms with Crippen molar-refractivity contribution in [3.05, 3.63) is 0 Å². The van der Waals surface area contributed by atoms with Gasteiger partial charge in [0, 0.05) is 25.2 Å². The van der Waals surface area contributed by atoms with Crippen LogP contribution >= 0.6 is 0 Å². The molecule has 3 aliphatic rings. The first-order chi connectivity index (χ1) is 6.80. The Morgan fingerprint density at radius 1 is 1.29 bits per heavy atom. The summed E-state index contributed by atoms with van der Waals surface area (Å²) in [6.45, 7) is 1.65. The van der Waals surface area contributed by atoms with Crippen LogP contribution < -0.4 is 5.32 Å². The van der Waals surface area contributed by atoms with E-state index in [2.05, 4.69) is 5.32 Å². The maximum Gasteiger partial charge on any atom is 0.220 e. The lowest BCUT2D eigenvalue weighted by Gasteiger charge is -2.38. The third-order valence-electron chi connectivity index (χ3n) is 4.08. The van der Waals surface area contributed by atoms with Gasteiger partial charge >= 0.3 is 0 Å². The number of carbonyl (C=O) groups is 1. The molecule has 1 amide bonds. The minimum absolute atomic E-state index is 0.122. The van der Waals surface area contributed by atoms with Crippen molar-refractivity contribution in [2.24, 2.45) is 11.8 Å². The highest BCUT2D eigenvalue weighted by atomic mass is 16.5. The molecule has 3 heteroatoms. The van der Waals surface area contributed by atoms with Crippen molar-refractivity contribution in [1.29, 1.82) is 0 Å². The summed E-state index contributed by atoms with van der Waals surface area (Å²) in [4.78, 5) is 11.5. The molecular formula is C11H17NO2. The molecular weight excluding hydrogens is 178 g/mol. The molecule has 3 rings (SSSR count). The van der Waals surface area contributed by atoms with Gasteiger partial charge in [-0.2, -0.15) is 0 Å². The van der Waals surface area contributed by atoms with Gasteiger partial charge < -0.3 is 10.1 Å². The zero-order chi connectivity index (χ0) is 9.60. The van der Waals surface area contributed by atoms with Crippen LogP contribution in [0.4, 0.5) is 0 Å². The summed E-state index contributed by atoms with van der Waals surface area (Å²) in [6.07, 6.45) is 5.49. The first kappa shape index (κ1) is 8.72. The summed E-state index contributed by atoms with van der Waals surface area (Å²) < 4.78 is 5.39. The van der Waals surface area contributed by atoms with Gasteiger partial charge in [0.1, 0.15) is 0 Å². The van der Waals surface area contributed by atoms with Crippen molar-refractivity contribution in [2.75, 3.05) is 13.2 Å². The third-order valence-corrected chi connectivity index (χ3v) is 4.08. The van der Waals surface area contributed by atoms with E-state index in [0.29, 0.717) is 5.92 Å². The lowest BCUT2D eigenvalue weighted by molar-refractivity contribution is -0.120. The molecule has 1 atom stereocenters. The molecule has 2 saturated heterocycles. The van der Waals surface area contributed by atoms with Gasteiger partial charge in [0.15, 0.2) is 0 Å². The predicted octanol–water partition coefficient (Wildman–Crippen LogP) is 1.08. The molecule has 0 aromatic carbocycles. The summed E-state index contributed by atoms with van der Waals surface area (Å²) in [5.41, 5.74) is 0.122. The van der Waals surface area contributed by atoms with Crippen molar-refractivity contribution in [3.8, 4) is 0 Å². The van der Waals surface area contributed by atoms with E-state index in [1.165, 1.54) is 12.8 Å². The van der Waals surface area contributed by atoms with Gasteiger partial charge in [-0.05, 0) is 37.5 Å². The van der Waals surface area contributed by atoms with Gasteiger partial charge in [-0.3, -0.25) is 4.79 Å². The van der Waals surface area contributed by atoms with Crippen LogP contribution in [0.15, 0.2) is 0 Å². The van der Waals surface area contributed by atoms with Gasteiger partial charge in [0.2, 0.25) is 5.91 Å². The van der Waals surface area contributed by atoms with Crippen molar-refractivity contribution < 1.29 is 9.53 Å². The normalized spacial score (nSPS) is 36.0.